The van der Waals surface area contributed by atoms with Gasteiger partial charge in [-0.3, -0.25) is 0 Å². The maximum absolute atomic E-state index is 4.39. The van der Waals surface area contributed by atoms with E-state index in [2.05, 4.69) is 46.1 Å². The van der Waals surface area contributed by atoms with Gasteiger partial charge in [0.05, 0.1) is 0 Å². The van der Waals surface area contributed by atoms with E-state index in [1.54, 1.807) is 0 Å². The summed E-state index contributed by atoms with van der Waals surface area (Å²) in [5.74, 6) is 1.98. The number of anilines is 1. The van der Waals surface area contributed by atoms with Crippen molar-refractivity contribution < 1.29 is 0 Å². The Kier molecular flexibility index (Phi) is 3.29. The summed E-state index contributed by atoms with van der Waals surface area (Å²) in [7, 11) is 0. The summed E-state index contributed by atoms with van der Waals surface area (Å²) in [5.41, 5.74) is 1.20. The highest BCUT2D eigenvalue weighted by atomic mass is 79.9. The van der Waals surface area contributed by atoms with Crippen molar-refractivity contribution in [3.8, 4) is 0 Å². The summed E-state index contributed by atoms with van der Waals surface area (Å²) in [6.07, 6.45) is 5.95. The maximum atomic E-state index is 4.39. The number of aryl methyl sites for hydroxylation is 1. The second-order valence-electron chi connectivity index (χ2n) is 4.54. The van der Waals surface area contributed by atoms with E-state index in [1.807, 2.05) is 6.20 Å². The van der Waals surface area contributed by atoms with Crippen LogP contribution in [0.25, 0.3) is 0 Å². The van der Waals surface area contributed by atoms with E-state index in [1.165, 1.54) is 24.8 Å². The third-order valence-electron chi connectivity index (χ3n) is 2.81. The summed E-state index contributed by atoms with van der Waals surface area (Å²) in [6, 6.07) is 2.63. The zero-order chi connectivity index (χ0) is 10.8. The van der Waals surface area contributed by atoms with Crippen LogP contribution in [-0.4, -0.2) is 11.0 Å². The molecule has 1 aromatic rings. The predicted octanol–water partition coefficient (Wildman–Crippen LogP) is 3.75. The van der Waals surface area contributed by atoms with Crippen LogP contribution in [0.4, 0.5) is 5.82 Å². The van der Waals surface area contributed by atoms with Crippen molar-refractivity contribution in [1.82, 2.24) is 4.98 Å². The third kappa shape index (κ3) is 3.20. The largest absolute Gasteiger partial charge is 0.367 e. The molecule has 1 heterocycles. The van der Waals surface area contributed by atoms with Crippen LogP contribution in [0.15, 0.2) is 16.7 Å². The SMILES string of the molecule is Cc1cc(Br)cnc1NC(C)CC1CC1. The molecule has 1 aliphatic rings. The molecule has 0 aromatic carbocycles. The Hall–Kier alpha value is -0.570. The molecule has 1 fully saturated rings. The van der Waals surface area contributed by atoms with Gasteiger partial charge in [0, 0.05) is 16.7 Å². The van der Waals surface area contributed by atoms with Gasteiger partial charge in [-0.05, 0) is 53.7 Å². The average Bonchev–Trinajstić information content (AvgIpc) is 2.94. The van der Waals surface area contributed by atoms with Gasteiger partial charge in [0.1, 0.15) is 5.82 Å². The monoisotopic (exact) mass is 268 g/mol. The van der Waals surface area contributed by atoms with Gasteiger partial charge in [-0.2, -0.15) is 0 Å². The van der Waals surface area contributed by atoms with Gasteiger partial charge in [0.2, 0.25) is 0 Å². The van der Waals surface area contributed by atoms with E-state index >= 15 is 0 Å². The Morgan fingerprint density at radius 3 is 2.93 bits per heavy atom. The van der Waals surface area contributed by atoms with Gasteiger partial charge >= 0.3 is 0 Å². The fourth-order valence-corrected chi connectivity index (χ4v) is 2.28. The lowest BCUT2D eigenvalue weighted by Gasteiger charge is -2.15. The summed E-state index contributed by atoms with van der Waals surface area (Å²) in [5, 5.41) is 3.48. The molecule has 2 rings (SSSR count). The molecule has 0 aliphatic heterocycles. The van der Waals surface area contributed by atoms with Crippen LogP contribution in [-0.2, 0) is 0 Å². The van der Waals surface area contributed by atoms with Gasteiger partial charge in [-0.15, -0.1) is 0 Å². The number of nitrogens with one attached hydrogen (secondary N) is 1. The second kappa shape index (κ2) is 4.52. The molecule has 3 heteroatoms. The smallest absolute Gasteiger partial charge is 0.129 e. The van der Waals surface area contributed by atoms with E-state index < -0.39 is 0 Å². The second-order valence-corrected chi connectivity index (χ2v) is 5.46. The lowest BCUT2D eigenvalue weighted by Crippen LogP contribution is -2.17. The first-order valence-electron chi connectivity index (χ1n) is 5.54. The third-order valence-corrected chi connectivity index (χ3v) is 3.25. The summed E-state index contributed by atoms with van der Waals surface area (Å²) in [6.45, 7) is 4.32. The Bertz CT molecular complexity index is 347. The van der Waals surface area contributed by atoms with Crippen LogP contribution in [0.2, 0.25) is 0 Å². The van der Waals surface area contributed by atoms with Crippen molar-refractivity contribution in [3.63, 3.8) is 0 Å². The minimum absolute atomic E-state index is 0.532. The molecule has 1 atom stereocenters. The topological polar surface area (TPSA) is 24.9 Å². The van der Waals surface area contributed by atoms with Crippen molar-refractivity contribution in [3.05, 3.63) is 22.3 Å². The number of nitrogens with zero attached hydrogens (tertiary/aromatic N) is 1. The Morgan fingerprint density at radius 2 is 2.33 bits per heavy atom. The molecule has 82 valence electrons. The molecule has 0 radical (unpaired) electrons. The first-order chi connectivity index (χ1) is 7.15. The molecule has 1 unspecified atom stereocenters. The van der Waals surface area contributed by atoms with Gasteiger partial charge < -0.3 is 5.32 Å². The number of pyridine rings is 1. The van der Waals surface area contributed by atoms with Crippen molar-refractivity contribution in [2.24, 2.45) is 5.92 Å². The van der Waals surface area contributed by atoms with Crippen LogP contribution < -0.4 is 5.32 Å². The molecule has 0 bridgehead atoms. The number of hydrogen-bond donors (Lipinski definition) is 1. The molecule has 2 nitrogen and oxygen atoms in total. The van der Waals surface area contributed by atoms with Gasteiger partial charge in [-0.1, -0.05) is 12.8 Å². The summed E-state index contributed by atoms with van der Waals surface area (Å²) in [4.78, 5) is 4.39. The van der Waals surface area contributed by atoms with Crippen LogP contribution in [0.1, 0.15) is 31.7 Å². The Labute approximate surface area is 99.6 Å². The minimum Gasteiger partial charge on any atom is -0.367 e. The molecule has 15 heavy (non-hydrogen) atoms. The van der Waals surface area contributed by atoms with Gasteiger partial charge in [0.25, 0.3) is 0 Å². The molecule has 1 saturated carbocycles. The number of aromatic nitrogens is 1. The highest BCUT2D eigenvalue weighted by Gasteiger charge is 2.23. The fraction of sp³-hybridized carbons (Fsp3) is 0.583. The van der Waals surface area contributed by atoms with Gasteiger partial charge in [0.15, 0.2) is 0 Å². The van der Waals surface area contributed by atoms with Crippen molar-refractivity contribution >= 4 is 21.7 Å². The van der Waals surface area contributed by atoms with E-state index in [0.717, 1.165) is 16.2 Å². The zero-order valence-corrected chi connectivity index (χ0v) is 10.8. The Balaban J connectivity index is 1.96. The summed E-state index contributed by atoms with van der Waals surface area (Å²) >= 11 is 3.42. The first kappa shape index (κ1) is 10.9. The van der Waals surface area contributed by atoms with E-state index in [-0.39, 0.29) is 0 Å². The molecular formula is C12H17BrN2. The van der Waals surface area contributed by atoms with Crippen LogP contribution in [0.5, 0.6) is 0 Å². The normalized spacial score (nSPS) is 17.5. The standard InChI is InChI=1S/C12H17BrN2/c1-8-5-11(13)7-14-12(8)15-9(2)6-10-3-4-10/h5,7,9-10H,3-4,6H2,1-2H3,(H,14,15). The average molecular weight is 269 g/mol. The molecule has 0 amide bonds. The minimum atomic E-state index is 0.532. The highest BCUT2D eigenvalue weighted by Crippen LogP contribution is 2.34. The fourth-order valence-electron chi connectivity index (χ4n) is 1.84. The van der Waals surface area contributed by atoms with Crippen molar-refractivity contribution in [2.75, 3.05) is 5.32 Å². The lowest BCUT2D eigenvalue weighted by atomic mass is 10.1. The molecule has 1 aromatic heterocycles. The highest BCUT2D eigenvalue weighted by molar-refractivity contribution is 9.10. The molecular weight excluding hydrogens is 252 g/mol. The van der Waals surface area contributed by atoms with Crippen molar-refractivity contribution in [2.45, 2.75) is 39.2 Å². The predicted molar refractivity (Wildman–Crippen MR) is 67.1 cm³/mol. The first-order valence-corrected chi connectivity index (χ1v) is 6.33. The van der Waals surface area contributed by atoms with Crippen molar-refractivity contribution in [1.29, 1.82) is 0 Å². The van der Waals surface area contributed by atoms with Crippen LogP contribution in [0, 0.1) is 12.8 Å². The number of halogens is 1. The lowest BCUT2D eigenvalue weighted by molar-refractivity contribution is 0.639. The maximum Gasteiger partial charge on any atom is 0.129 e. The molecule has 1 N–H and O–H groups in total. The number of rotatable bonds is 4. The summed E-state index contributed by atoms with van der Waals surface area (Å²) < 4.78 is 1.04. The number of hydrogen-bond acceptors (Lipinski definition) is 2. The zero-order valence-electron chi connectivity index (χ0n) is 9.26. The van der Waals surface area contributed by atoms with E-state index in [4.69, 9.17) is 0 Å². The molecule has 0 saturated heterocycles. The quantitative estimate of drug-likeness (QED) is 0.900. The van der Waals surface area contributed by atoms with Crippen LogP contribution in [0.3, 0.4) is 0 Å². The van der Waals surface area contributed by atoms with Gasteiger partial charge in [-0.25, -0.2) is 4.98 Å². The Morgan fingerprint density at radius 1 is 1.60 bits per heavy atom. The van der Waals surface area contributed by atoms with E-state index in [9.17, 15) is 0 Å². The van der Waals surface area contributed by atoms with Crippen LogP contribution >= 0.6 is 15.9 Å². The molecule has 0 spiro atoms. The molecule has 1 aliphatic carbocycles. The van der Waals surface area contributed by atoms with E-state index in [0.29, 0.717) is 6.04 Å².